The molecule has 3 nitrogen and oxygen atoms in total. The van der Waals surface area contributed by atoms with Crippen molar-refractivity contribution in [2.75, 3.05) is 12.0 Å². The molecular weight excluding hydrogens is 416 g/mol. The summed E-state index contributed by atoms with van der Waals surface area (Å²) in [5.41, 5.74) is 1.72. The summed E-state index contributed by atoms with van der Waals surface area (Å²) in [5, 5.41) is 14.8. The summed E-state index contributed by atoms with van der Waals surface area (Å²) in [6.45, 7) is 0.0327. The van der Waals surface area contributed by atoms with E-state index >= 15 is 0 Å². The lowest BCUT2D eigenvalue weighted by molar-refractivity contribution is 0.346. The molecule has 0 saturated carbocycles. The van der Waals surface area contributed by atoms with Crippen LogP contribution in [0, 0.1) is 0 Å². The number of halogens is 4. The lowest BCUT2D eigenvalue weighted by atomic mass is 10.0. The van der Waals surface area contributed by atoms with E-state index in [0.717, 1.165) is 5.56 Å². The van der Waals surface area contributed by atoms with Crippen LogP contribution in [-0.4, -0.2) is 11.8 Å². The first kappa shape index (κ1) is 19.0. The monoisotopic (exact) mass is 427 g/mol. The van der Waals surface area contributed by atoms with Crippen LogP contribution in [0.15, 0.2) is 54.6 Å². The molecule has 0 aliphatic heterocycles. The van der Waals surface area contributed by atoms with Gasteiger partial charge in [-0.3, -0.25) is 0 Å². The zero-order valence-corrected chi connectivity index (χ0v) is 16.3. The third-order valence-electron chi connectivity index (χ3n) is 3.64. The minimum Gasteiger partial charge on any atom is -0.504 e. The van der Waals surface area contributed by atoms with Crippen molar-refractivity contribution in [2.45, 2.75) is 0 Å². The maximum atomic E-state index is 10.4. The van der Waals surface area contributed by atoms with Crippen molar-refractivity contribution >= 4 is 52.1 Å². The first-order valence-electron chi connectivity index (χ1n) is 7.55. The molecule has 7 heteroatoms. The van der Waals surface area contributed by atoms with Gasteiger partial charge in [0.15, 0.2) is 12.5 Å². The molecule has 0 unspecified atom stereocenters. The molecule has 0 amide bonds. The second kappa shape index (κ2) is 8.28. The number of benzene rings is 3. The normalized spacial score (nSPS) is 10.6. The van der Waals surface area contributed by atoms with E-state index in [0.29, 0.717) is 32.1 Å². The Morgan fingerprint density at radius 2 is 1.62 bits per heavy atom. The van der Waals surface area contributed by atoms with Gasteiger partial charge in [-0.15, -0.1) is 0 Å². The molecule has 2 N–H and O–H groups in total. The second-order valence-electron chi connectivity index (χ2n) is 5.35. The smallest absolute Gasteiger partial charge is 0.159 e. The molecule has 134 valence electrons. The van der Waals surface area contributed by atoms with E-state index in [4.69, 9.17) is 51.1 Å². The first-order valence-corrected chi connectivity index (χ1v) is 9.06. The lowest BCUT2D eigenvalue weighted by Crippen LogP contribution is -2.09. The highest BCUT2D eigenvalue weighted by Gasteiger charge is 2.17. The molecule has 0 aliphatic rings. The number of phenols is 1. The summed E-state index contributed by atoms with van der Waals surface area (Å²) >= 11 is 24.7. The van der Waals surface area contributed by atoms with E-state index in [1.807, 2.05) is 30.3 Å². The van der Waals surface area contributed by atoms with Crippen LogP contribution in [0.4, 0.5) is 5.69 Å². The van der Waals surface area contributed by atoms with Gasteiger partial charge in [-0.2, -0.15) is 0 Å². The molecule has 0 saturated heterocycles. The number of rotatable bonds is 5. The van der Waals surface area contributed by atoms with Gasteiger partial charge in [0.2, 0.25) is 0 Å². The predicted molar refractivity (Wildman–Crippen MR) is 109 cm³/mol. The van der Waals surface area contributed by atoms with Crippen molar-refractivity contribution in [3.05, 3.63) is 74.7 Å². The molecule has 0 bridgehead atoms. The Morgan fingerprint density at radius 3 is 2.35 bits per heavy atom. The third-order valence-corrected chi connectivity index (χ3v) is 4.85. The van der Waals surface area contributed by atoms with Crippen LogP contribution in [-0.2, 0) is 0 Å². The molecule has 0 radical (unpaired) electrons. The molecule has 3 aromatic rings. The van der Waals surface area contributed by atoms with Gasteiger partial charge in [0.25, 0.3) is 0 Å². The molecule has 26 heavy (non-hydrogen) atoms. The lowest BCUT2D eigenvalue weighted by Gasteiger charge is -2.15. The van der Waals surface area contributed by atoms with Crippen LogP contribution < -0.4 is 10.1 Å². The Hall–Kier alpha value is -1.78. The topological polar surface area (TPSA) is 41.5 Å². The van der Waals surface area contributed by atoms with Gasteiger partial charge in [0.05, 0.1) is 20.8 Å². The van der Waals surface area contributed by atoms with E-state index in [9.17, 15) is 5.11 Å². The zero-order valence-electron chi connectivity index (χ0n) is 13.3. The van der Waals surface area contributed by atoms with E-state index in [2.05, 4.69) is 5.32 Å². The SMILES string of the molecule is Oc1c(NCOc2cc(Cl)ccc2Cl)cc(Cl)c(-c2ccccc2)c1Cl. The Bertz CT molecular complexity index is 933. The minimum absolute atomic E-state index is 0.0327. The molecule has 0 fully saturated rings. The largest absolute Gasteiger partial charge is 0.504 e. The maximum Gasteiger partial charge on any atom is 0.159 e. The van der Waals surface area contributed by atoms with Crippen molar-refractivity contribution < 1.29 is 9.84 Å². The summed E-state index contributed by atoms with van der Waals surface area (Å²) in [7, 11) is 0. The van der Waals surface area contributed by atoms with Crippen LogP contribution in [0.5, 0.6) is 11.5 Å². The van der Waals surface area contributed by atoms with Gasteiger partial charge in [-0.1, -0.05) is 76.7 Å². The molecule has 0 aliphatic carbocycles. The Balaban J connectivity index is 1.80. The van der Waals surface area contributed by atoms with Gasteiger partial charge in [0, 0.05) is 16.7 Å². The van der Waals surface area contributed by atoms with Gasteiger partial charge >= 0.3 is 0 Å². The number of aromatic hydroxyl groups is 1. The summed E-state index contributed by atoms with van der Waals surface area (Å²) in [6.07, 6.45) is 0. The summed E-state index contributed by atoms with van der Waals surface area (Å²) in [6, 6.07) is 15.9. The average molecular weight is 429 g/mol. The third kappa shape index (κ3) is 4.13. The number of phenolic OH excluding ortho intramolecular Hbond substituents is 1. The molecule has 3 aromatic carbocycles. The van der Waals surface area contributed by atoms with E-state index < -0.39 is 0 Å². The van der Waals surface area contributed by atoms with Crippen LogP contribution in [0.3, 0.4) is 0 Å². The molecule has 0 aromatic heterocycles. The van der Waals surface area contributed by atoms with Gasteiger partial charge < -0.3 is 15.2 Å². The second-order valence-corrected chi connectivity index (χ2v) is 6.98. The van der Waals surface area contributed by atoms with Crippen LogP contribution in [0.2, 0.25) is 20.1 Å². The molecule has 0 spiro atoms. The number of anilines is 1. The van der Waals surface area contributed by atoms with Crippen LogP contribution in [0.1, 0.15) is 0 Å². The predicted octanol–water partition coefficient (Wildman–Crippen LogP) is 7.12. The van der Waals surface area contributed by atoms with Crippen molar-refractivity contribution in [2.24, 2.45) is 0 Å². The molecule has 0 atom stereocenters. The minimum atomic E-state index is -0.115. The summed E-state index contributed by atoms with van der Waals surface area (Å²) < 4.78 is 5.55. The maximum absolute atomic E-state index is 10.4. The Labute approximate surface area is 171 Å². The van der Waals surface area contributed by atoms with Crippen molar-refractivity contribution in [3.63, 3.8) is 0 Å². The van der Waals surface area contributed by atoms with E-state index in [1.165, 1.54) is 0 Å². The quantitative estimate of drug-likeness (QED) is 0.335. The van der Waals surface area contributed by atoms with Crippen molar-refractivity contribution in [1.29, 1.82) is 0 Å². The number of hydrogen-bond acceptors (Lipinski definition) is 3. The highest BCUT2D eigenvalue weighted by atomic mass is 35.5. The van der Waals surface area contributed by atoms with E-state index in [-0.39, 0.29) is 17.5 Å². The first-order chi connectivity index (χ1) is 12.5. The van der Waals surface area contributed by atoms with Gasteiger partial charge in [-0.05, 0) is 23.8 Å². The molecular formula is C19H13Cl4NO2. The zero-order chi connectivity index (χ0) is 18.7. The highest BCUT2D eigenvalue weighted by Crippen LogP contribution is 2.44. The van der Waals surface area contributed by atoms with Gasteiger partial charge in [0.1, 0.15) is 5.75 Å². The van der Waals surface area contributed by atoms with Crippen molar-refractivity contribution in [3.8, 4) is 22.6 Å². The Morgan fingerprint density at radius 1 is 0.885 bits per heavy atom. The fourth-order valence-corrected chi connectivity index (χ4v) is 3.40. The van der Waals surface area contributed by atoms with Crippen LogP contribution in [0.25, 0.3) is 11.1 Å². The number of hydrogen-bond donors (Lipinski definition) is 2. The number of nitrogens with one attached hydrogen (secondary N) is 1. The van der Waals surface area contributed by atoms with Crippen molar-refractivity contribution in [1.82, 2.24) is 0 Å². The summed E-state index contributed by atoms with van der Waals surface area (Å²) in [5.74, 6) is 0.306. The van der Waals surface area contributed by atoms with Crippen LogP contribution >= 0.6 is 46.4 Å². The fourth-order valence-electron chi connectivity index (χ4n) is 2.39. The average Bonchev–Trinajstić information content (AvgIpc) is 2.63. The highest BCUT2D eigenvalue weighted by molar-refractivity contribution is 6.40. The fraction of sp³-hybridized carbons (Fsp3) is 0.0526. The molecule has 3 rings (SSSR count). The number of ether oxygens (including phenoxy) is 1. The van der Waals surface area contributed by atoms with E-state index in [1.54, 1.807) is 24.3 Å². The van der Waals surface area contributed by atoms with Gasteiger partial charge in [-0.25, -0.2) is 0 Å². The summed E-state index contributed by atoms with van der Waals surface area (Å²) in [4.78, 5) is 0. The Kier molecular flexibility index (Phi) is 6.05. The molecule has 0 heterocycles. The standard InChI is InChI=1S/C19H13Cl4NO2/c20-12-6-7-13(21)16(8-12)26-10-24-15-9-14(22)17(18(23)19(15)25)11-4-2-1-3-5-11/h1-9,24-25H,10H2.